The Hall–Kier alpha value is -1.41. The maximum Gasteiger partial charge on any atom is 0.150 e. The Kier molecular flexibility index (Phi) is 3.52. The monoisotopic (exact) mass is 274 g/mol. The first-order valence-corrected chi connectivity index (χ1v) is 5.87. The molecule has 0 atom stereocenters. The first-order valence-electron chi connectivity index (χ1n) is 5.08. The van der Waals surface area contributed by atoms with E-state index in [0.29, 0.717) is 0 Å². The van der Waals surface area contributed by atoms with E-state index in [1.807, 2.05) is 42.5 Å². The highest BCUT2D eigenvalue weighted by molar-refractivity contribution is 9.10. The second kappa shape index (κ2) is 5.08. The van der Waals surface area contributed by atoms with Crippen molar-refractivity contribution in [3.05, 3.63) is 69.7 Å². The summed E-state index contributed by atoms with van der Waals surface area (Å²) in [6.07, 6.45) is 1.68. The van der Waals surface area contributed by atoms with E-state index in [1.54, 1.807) is 0 Å². The van der Waals surface area contributed by atoms with Crippen LogP contribution >= 0.6 is 15.9 Å². The summed E-state index contributed by atoms with van der Waals surface area (Å²) in [7, 11) is 0. The molecule has 16 heavy (non-hydrogen) atoms. The molecule has 2 rings (SSSR count). The normalized spacial score (nSPS) is 10.1. The molecule has 0 aliphatic rings. The molecule has 2 aromatic carbocycles. The lowest BCUT2D eigenvalue weighted by molar-refractivity contribution is 0.112. The van der Waals surface area contributed by atoms with Crippen LogP contribution in [0.5, 0.6) is 0 Å². The molecule has 0 unspecified atom stereocenters. The summed E-state index contributed by atoms with van der Waals surface area (Å²) >= 11 is 3.51. The van der Waals surface area contributed by atoms with Crippen molar-refractivity contribution in [3.63, 3.8) is 0 Å². The van der Waals surface area contributed by atoms with Crippen LogP contribution in [0.3, 0.4) is 0 Å². The molecule has 2 heteroatoms. The zero-order valence-electron chi connectivity index (χ0n) is 8.69. The van der Waals surface area contributed by atoms with Crippen molar-refractivity contribution in [3.8, 4) is 0 Å². The van der Waals surface area contributed by atoms with E-state index in [4.69, 9.17) is 0 Å². The number of carbonyl (C=O) groups excluding carboxylic acids is 1. The number of aldehydes is 1. The molecule has 2 aromatic rings. The van der Waals surface area contributed by atoms with E-state index >= 15 is 0 Å². The predicted octanol–water partition coefficient (Wildman–Crippen LogP) is 3.85. The van der Waals surface area contributed by atoms with Gasteiger partial charge in [-0.05, 0) is 23.6 Å². The fraction of sp³-hybridized carbons (Fsp3) is 0.0714. The number of hydrogen-bond donors (Lipinski definition) is 0. The van der Waals surface area contributed by atoms with Gasteiger partial charge in [0.25, 0.3) is 0 Å². The van der Waals surface area contributed by atoms with Gasteiger partial charge in [-0.1, -0.05) is 58.4 Å². The fourth-order valence-corrected chi connectivity index (χ4v) is 2.08. The molecule has 0 amide bonds. The van der Waals surface area contributed by atoms with Crippen LogP contribution in [0, 0.1) is 0 Å². The molecular formula is C14H11BrO. The van der Waals surface area contributed by atoms with Crippen molar-refractivity contribution < 1.29 is 4.79 Å². The third-order valence-corrected chi connectivity index (χ3v) is 3.29. The van der Waals surface area contributed by atoms with Gasteiger partial charge in [-0.25, -0.2) is 0 Å². The van der Waals surface area contributed by atoms with Crippen molar-refractivity contribution in [2.45, 2.75) is 6.42 Å². The van der Waals surface area contributed by atoms with Crippen LogP contribution < -0.4 is 0 Å². The van der Waals surface area contributed by atoms with Gasteiger partial charge in [0.1, 0.15) is 6.29 Å². The number of rotatable bonds is 3. The Morgan fingerprint density at radius 1 is 0.938 bits per heavy atom. The van der Waals surface area contributed by atoms with E-state index in [2.05, 4.69) is 22.0 Å². The molecule has 0 radical (unpaired) electrons. The maximum absolute atomic E-state index is 10.9. The zero-order chi connectivity index (χ0) is 11.4. The van der Waals surface area contributed by atoms with Crippen LogP contribution in [-0.4, -0.2) is 6.29 Å². The van der Waals surface area contributed by atoms with Crippen molar-refractivity contribution in [1.29, 1.82) is 0 Å². The van der Waals surface area contributed by atoms with E-state index in [9.17, 15) is 4.79 Å². The van der Waals surface area contributed by atoms with Crippen LogP contribution in [0.15, 0.2) is 53.0 Å². The van der Waals surface area contributed by atoms with Crippen molar-refractivity contribution in [2.75, 3.05) is 0 Å². The predicted molar refractivity (Wildman–Crippen MR) is 68.8 cm³/mol. The lowest BCUT2D eigenvalue weighted by Gasteiger charge is -2.06. The minimum absolute atomic E-state index is 0.762. The second-order valence-corrected chi connectivity index (χ2v) is 4.44. The molecule has 0 aromatic heterocycles. The zero-order valence-corrected chi connectivity index (χ0v) is 10.3. The first-order chi connectivity index (χ1) is 7.81. The highest BCUT2D eigenvalue weighted by atomic mass is 79.9. The molecule has 0 heterocycles. The minimum atomic E-state index is 0.762. The summed E-state index contributed by atoms with van der Waals surface area (Å²) in [5.41, 5.74) is 3.01. The molecule has 0 aliphatic carbocycles. The van der Waals surface area contributed by atoms with Crippen molar-refractivity contribution >= 4 is 22.2 Å². The molecule has 80 valence electrons. The highest BCUT2D eigenvalue weighted by Crippen LogP contribution is 2.20. The van der Waals surface area contributed by atoms with Gasteiger partial charge in [-0.15, -0.1) is 0 Å². The summed E-state index contributed by atoms with van der Waals surface area (Å²) in [5, 5.41) is 0. The van der Waals surface area contributed by atoms with Gasteiger partial charge in [-0.2, -0.15) is 0 Å². The number of hydrogen-bond acceptors (Lipinski definition) is 1. The topological polar surface area (TPSA) is 17.1 Å². The molecular weight excluding hydrogens is 264 g/mol. The second-order valence-electron chi connectivity index (χ2n) is 3.58. The Morgan fingerprint density at radius 2 is 1.56 bits per heavy atom. The molecule has 0 N–H and O–H groups in total. The minimum Gasteiger partial charge on any atom is -0.298 e. The molecule has 0 spiro atoms. The quantitative estimate of drug-likeness (QED) is 0.777. The van der Waals surface area contributed by atoms with E-state index in [-0.39, 0.29) is 0 Å². The standard InChI is InChI=1S/C14H11BrO/c15-14-8-4-3-6-12(14)9-11-5-1-2-7-13(11)10-16/h1-8,10H,9H2. The Morgan fingerprint density at radius 3 is 2.25 bits per heavy atom. The Bertz CT molecular complexity index is 506. The highest BCUT2D eigenvalue weighted by Gasteiger charge is 2.04. The first kappa shape index (κ1) is 11.1. The maximum atomic E-state index is 10.9. The van der Waals surface area contributed by atoms with Gasteiger partial charge in [0.05, 0.1) is 0 Å². The molecule has 1 nitrogen and oxygen atoms in total. The average Bonchev–Trinajstić information content (AvgIpc) is 2.33. The third kappa shape index (κ3) is 2.39. The number of carbonyl (C=O) groups is 1. The van der Waals surface area contributed by atoms with Crippen LogP contribution in [0.1, 0.15) is 21.5 Å². The van der Waals surface area contributed by atoms with Crippen molar-refractivity contribution in [2.24, 2.45) is 0 Å². The van der Waals surface area contributed by atoms with Crippen LogP contribution in [0.2, 0.25) is 0 Å². The lowest BCUT2D eigenvalue weighted by Crippen LogP contribution is -1.94. The van der Waals surface area contributed by atoms with Crippen LogP contribution in [0.4, 0.5) is 0 Å². The van der Waals surface area contributed by atoms with Crippen LogP contribution in [-0.2, 0) is 6.42 Å². The molecule has 0 saturated heterocycles. The summed E-state index contributed by atoms with van der Waals surface area (Å²) < 4.78 is 1.08. The Balaban J connectivity index is 2.34. The van der Waals surface area contributed by atoms with E-state index in [0.717, 1.165) is 28.3 Å². The molecule has 0 aliphatic heterocycles. The van der Waals surface area contributed by atoms with Gasteiger partial charge >= 0.3 is 0 Å². The van der Waals surface area contributed by atoms with Gasteiger partial charge in [0, 0.05) is 10.0 Å². The SMILES string of the molecule is O=Cc1ccccc1Cc1ccccc1Br. The Labute approximate surface area is 103 Å². The molecule has 0 fully saturated rings. The van der Waals surface area contributed by atoms with Crippen LogP contribution in [0.25, 0.3) is 0 Å². The summed E-state index contributed by atoms with van der Waals surface area (Å²) in [6.45, 7) is 0. The fourth-order valence-electron chi connectivity index (χ4n) is 1.66. The smallest absolute Gasteiger partial charge is 0.150 e. The summed E-state index contributed by atoms with van der Waals surface area (Å²) in [5.74, 6) is 0. The average molecular weight is 275 g/mol. The van der Waals surface area contributed by atoms with E-state index in [1.165, 1.54) is 5.56 Å². The van der Waals surface area contributed by atoms with Gasteiger partial charge < -0.3 is 0 Å². The van der Waals surface area contributed by atoms with Gasteiger partial charge in [0.15, 0.2) is 0 Å². The van der Waals surface area contributed by atoms with Gasteiger partial charge in [0.2, 0.25) is 0 Å². The van der Waals surface area contributed by atoms with Gasteiger partial charge in [-0.3, -0.25) is 4.79 Å². The summed E-state index contributed by atoms with van der Waals surface area (Å²) in [4.78, 5) is 10.9. The molecule has 0 saturated carbocycles. The number of halogens is 1. The lowest BCUT2D eigenvalue weighted by atomic mass is 10.0. The molecule has 0 bridgehead atoms. The van der Waals surface area contributed by atoms with Crippen molar-refractivity contribution in [1.82, 2.24) is 0 Å². The largest absolute Gasteiger partial charge is 0.298 e. The summed E-state index contributed by atoms with van der Waals surface area (Å²) in [6, 6.07) is 15.7. The third-order valence-electron chi connectivity index (χ3n) is 2.52. The number of benzene rings is 2. The van der Waals surface area contributed by atoms with E-state index < -0.39 is 0 Å².